The highest BCUT2D eigenvalue weighted by molar-refractivity contribution is 5.56. The molecule has 0 aromatic heterocycles. The summed E-state index contributed by atoms with van der Waals surface area (Å²) in [6.07, 6.45) is 9.65. The van der Waals surface area contributed by atoms with Gasteiger partial charge in [0, 0.05) is 30.6 Å². The Labute approximate surface area is 185 Å². The first-order valence-electron chi connectivity index (χ1n) is 12.0. The first-order chi connectivity index (χ1) is 15.2. The summed E-state index contributed by atoms with van der Waals surface area (Å²) < 4.78 is 6.48. The van der Waals surface area contributed by atoms with Gasteiger partial charge in [0.15, 0.2) is 0 Å². The number of hydrogen-bond acceptors (Lipinski definition) is 4. The molecule has 2 aromatic rings. The molecule has 2 heterocycles. The van der Waals surface area contributed by atoms with Crippen molar-refractivity contribution in [3.63, 3.8) is 0 Å². The second kappa shape index (κ2) is 9.04. The molecule has 2 fully saturated rings. The summed E-state index contributed by atoms with van der Waals surface area (Å²) in [6.45, 7) is 2.48. The highest BCUT2D eigenvalue weighted by Gasteiger charge is 2.37. The van der Waals surface area contributed by atoms with E-state index < -0.39 is 0 Å². The minimum atomic E-state index is 0.200. The van der Waals surface area contributed by atoms with Gasteiger partial charge >= 0.3 is 0 Å². The molecule has 2 atom stereocenters. The molecule has 1 saturated carbocycles. The molecule has 0 spiro atoms. The van der Waals surface area contributed by atoms with E-state index in [9.17, 15) is 9.90 Å². The first kappa shape index (κ1) is 20.6. The Morgan fingerprint density at radius 2 is 1.68 bits per heavy atom. The van der Waals surface area contributed by atoms with Crippen molar-refractivity contribution in [2.45, 2.75) is 63.6 Å². The molecule has 4 nitrogen and oxygen atoms in total. The van der Waals surface area contributed by atoms with E-state index in [2.05, 4.69) is 35.2 Å². The molecular formula is C27H33NO3. The Bertz CT molecular complexity index is 895. The van der Waals surface area contributed by atoms with Crippen molar-refractivity contribution in [1.29, 1.82) is 0 Å². The normalized spacial score (nSPS) is 25.2. The third-order valence-corrected chi connectivity index (χ3v) is 7.69. The van der Waals surface area contributed by atoms with Gasteiger partial charge in [0.1, 0.15) is 12.0 Å². The van der Waals surface area contributed by atoms with Crippen LogP contribution in [0.3, 0.4) is 0 Å². The summed E-state index contributed by atoms with van der Waals surface area (Å²) in [5, 5.41) is 9.99. The van der Waals surface area contributed by atoms with E-state index in [1.807, 2.05) is 12.1 Å². The quantitative estimate of drug-likeness (QED) is 0.673. The molecule has 0 radical (unpaired) electrons. The van der Waals surface area contributed by atoms with Crippen LogP contribution in [-0.2, 0) is 16.1 Å². The van der Waals surface area contributed by atoms with Crippen LogP contribution < -0.4 is 4.90 Å². The van der Waals surface area contributed by atoms with Crippen molar-refractivity contribution in [2.75, 3.05) is 18.0 Å². The number of phenolic OH excluding ortho intramolecular Hbond substituents is 1. The smallest absolute Gasteiger partial charge is 0.123 e. The van der Waals surface area contributed by atoms with E-state index in [0.717, 1.165) is 37.8 Å². The Balaban J connectivity index is 1.43. The Kier molecular flexibility index (Phi) is 5.99. The van der Waals surface area contributed by atoms with Crippen molar-refractivity contribution in [2.24, 2.45) is 11.8 Å². The van der Waals surface area contributed by atoms with Crippen LogP contribution in [0.1, 0.15) is 67.6 Å². The Hall–Kier alpha value is -2.33. The number of aldehydes is 1. The minimum absolute atomic E-state index is 0.200. The predicted octanol–water partition coefficient (Wildman–Crippen LogP) is 5.42. The average molecular weight is 420 g/mol. The highest BCUT2D eigenvalue weighted by atomic mass is 16.5. The monoisotopic (exact) mass is 419 g/mol. The molecule has 0 amide bonds. The standard InChI is InChI=1S/C27H33NO3/c29-17-19-12-14-28(15-13-19)23-8-6-20(7-9-23)26-25-11-10-24(30)16-22(25)18-31-27(26)21-4-2-1-3-5-21/h6-11,16-17,19,21,26-27,30H,1-5,12-15,18H2/t26-,27+/m1/s1. The number of phenols is 1. The van der Waals surface area contributed by atoms with Gasteiger partial charge in [0.2, 0.25) is 0 Å². The molecule has 4 heteroatoms. The Morgan fingerprint density at radius 3 is 2.39 bits per heavy atom. The number of ether oxygens (including phenoxy) is 1. The van der Waals surface area contributed by atoms with Gasteiger partial charge in [-0.2, -0.15) is 0 Å². The lowest BCUT2D eigenvalue weighted by Gasteiger charge is -2.40. The maximum absolute atomic E-state index is 11.1. The lowest BCUT2D eigenvalue weighted by atomic mass is 9.73. The Morgan fingerprint density at radius 1 is 0.935 bits per heavy atom. The van der Waals surface area contributed by atoms with E-state index in [1.165, 1.54) is 48.9 Å². The number of piperidine rings is 1. The van der Waals surface area contributed by atoms with Gasteiger partial charge in [-0.05, 0) is 72.6 Å². The van der Waals surface area contributed by atoms with Crippen LogP contribution in [0, 0.1) is 11.8 Å². The number of fused-ring (bicyclic) bond motifs is 1. The molecule has 0 unspecified atom stereocenters. The lowest BCUT2D eigenvalue weighted by Crippen LogP contribution is -2.36. The summed E-state index contributed by atoms with van der Waals surface area (Å²) in [6, 6.07) is 14.8. The third-order valence-electron chi connectivity index (χ3n) is 7.69. The second-order valence-corrected chi connectivity index (χ2v) is 9.59. The number of carbonyl (C=O) groups is 1. The van der Waals surface area contributed by atoms with Crippen molar-refractivity contribution >= 4 is 12.0 Å². The van der Waals surface area contributed by atoms with Gasteiger partial charge in [0.25, 0.3) is 0 Å². The molecule has 2 aromatic carbocycles. The zero-order valence-corrected chi connectivity index (χ0v) is 18.2. The number of hydrogen-bond donors (Lipinski definition) is 1. The lowest BCUT2D eigenvalue weighted by molar-refractivity contribution is -0.111. The number of rotatable bonds is 4. The van der Waals surface area contributed by atoms with E-state index in [1.54, 1.807) is 0 Å². The maximum atomic E-state index is 11.1. The van der Waals surface area contributed by atoms with Crippen LogP contribution in [0.5, 0.6) is 5.75 Å². The van der Waals surface area contributed by atoms with E-state index in [4.69, 9.17) is 4.74 Å². The molecule has 31 heavy (non-hydrogen) atoms. The molecule has 5 rings (SSSR count). The van der Waals surface area contributed by atoms with Crippen LogP contribution in [0.15, 0.2) is 42.5 Å². The van der Waals surface area contributed by atoms with Gasteiger partial charge in [-0.25, -0.2) is 0 Å². The zero-order valence-electron chi connectivity index (χ0n) is 18.2. The van der Waals surface area contributed by atoms with E-state index in [0.29, 0.717) is 18.3 Å². The topological polar surface area (TPSA) is 49.8 Å². The van der Waals surface area contributed by atoms with Gasteiger partial charge in [-0.15, -0.1) is 0 Å². The number of benzene rings is 2. The van der Waals surface area contributed by atoms with Crippen molar-refractivity contribution in [1.82, 2.24) is 0 Å². The molecule has 164 valence electrons. The van der Waals surface area contributed by atoms with Gasteiger partial charge < -0.3 is 19.5 Å². The molecule has 1 saturated heterocycles. The summed E-state index contributed by atoms with van der Waals surface area (Å²) >= 11 is 0. The summed E-state index contributed by atoms with van der Waals surface area (Å²) in [7, 11) is 0. The summed E-state index contributed by atoms with van der Waals surface area (Å²) in [5.41, 5.74) is 4.95. The number of aromatic hydroxyl groups is 1. The molecule has 3 aliphatic rings. The maximum Gasteiger partial charge on any atom is 0.123 e. The zero-order chi connectivity index (χ0) is 21.2. The van der Waals surface area contributed by atoms with Gasteiger partial charge in [-0.1, -0.05) is 37.5 Å². The number of anilines is 1. The van der Waals surface area contributed by atoms with Crippen LogP contribution in [0.2, 0.25) is 0 Å². The largest absolute Gasteiger partial charge is 0.508 e. The third kappa shape index (κ3) is 4.23. The van der Waals surface area contributed by atoms with Crippen molar-refractivity contribution in [3.8, 4) is 5.75 Å². The minimum Gasteiger partial charge on any atom is -0.508 e. The van der Waals surface area contributed by atoms with Crippen molar-refractivity contribution < 1.29 is 14.6 Å². The molecule has 0 bridgehead atoms. The molecular weight excluding hydrogens is 386 g/mol. The van der Waals surface area contributed by atoms with E-state index in [-0.39, 0.29) is 17.9 Å². The van der Waals surface area contributed by atoms with Crippen LogP contribution in [-0.4, -0.2) is 30.6 Å². The van der Waals surface area contributed by atoms with E-state index >= 15 is 0 Å². The molecule has 2 aliphatic heterocycles. The van der Waals surface area contributed by atoms with Gasteiger partial charge in [-0.3, -0.25) is 0 Å². The SMILES string of the molecule is O=CC1CCN(c2ccc([C@@H]3c4ccc(O)cc4CO[C@H]3C3CCCCC3)cc2)CC1. The van der Waals surface area contributed by atoms with Crippen molar-refractivity contribution in [3.05, 3.63) is 59.2 Å². The summed E-state index contributed by atoms with van der Waals surface area (Å²) in [4.78, 5) is 13.5. The molecule has 1 N–H and O–H groups in total. The van der Waals surface area contributed by atoms with Crippen LogP contribution in [0.25, 0.3) is 0 Å². The fourth-order valence-corrected chi connectivity index (χ4v) is 5.91. The number of carbonyl (C=O) groups excluding carboxylic acids is 1. The second-order valence-electron chi connectivity index (χ2n) is 9.59. The fraction of sp³-hybridized carbons (Fsp3) is 0.519. The molecule has 1 aliphatic carbocycles. The first-order valence-corrected chi connectivity index (χ1v) is 12.0. The average Bonchev–Trinajstić information content (AvgIpc) is 2.84. The predicted molar refractivity (Wildman–Crippen MR) is 123 cm³/mol. The fourth-order valence-electron chi connectivity index (χ4n) is 5.91. The van der Waals surface area contributed by atoms with Gasteiger partial charge in [0.05, 0.1) is 12.7 Å². The van der Waals surface area contributed by atoms with Crippen LogP contribution in [0.4, 0.5) is 5.69 Å². The summed E-state index contributed by atoms with van der Waals surface area (Å²) in [5.74, 6) is 1.34. The number of nitrogens with zero attached hydrogens (tertiary/aromatic N) is 1. The van der Waals surface area contributed by atoms with Crippen LogP contribution >= 0.6 is 0 Å². The highest BCUT2D eigenvalue weighted by Crippen LogP contribution is 2.44.